The molecule has 1 aliphatic carbocycles. The summed E-state index contributed by atoms with van der Waals surface area (Å²) in [5.74, 6) is 0.347. The van der Waals surface area contributed by atoms with Gasteiger partial charge in [-0.1, -0.05) is 44.6 Å². The molecule has 28 heavy (non-hydrogen) atoms. The summed E-state index contributed by atoms with van der Waals surface area (Å²) in [6.45, 7) is 3.53. The van der Waals surface area contributed by atoms with Gasteiger partial charge < -0.3 is 15.3 Å². The molecule has 1 saturated carbocycles. The van der Waals surface area contributed by atoms with Gasteiger partial charge in [0.1, 0.15) is 12.4 Å². The van der Waals surface area contributed by atoms with E-state index in [0.717, 1.165) is 32.1 Å². The average molecular weight is 395 g/mol. The van der Waals surface area contributed by atoms with Gasteiger partial charge in [0.2, 0.25) is 0 Å². The molecule has 0 aliphatic heterocycles. The van der Waals surface area contributed by atoms with Gasteiger partial charge in [-0.2, -0.15) is 0 Å². The van der Waals surface area contributed by atoms with Crippen LogP contribution < -0.4 is 0 Å². The first-order valence-corrected chi connectivity index (χ1v) is 10.6. The minimum absolute atomic E-state index is 0.0106. The maximum absolute atomic E-state index is 12.2. The summed E-state index contributed by atoms with van der Waals surface area (Å²) in [6, 6.07) is 0. The van der Waals surface area contributed by atoms with Crippen molar-refractivity contribution in [1.82, 2.24) is 0 Å². The highest BCUT2D eigenvalue weighted by Gasteiger charge is 2.33. The molecule has 0 bridgehead atoms. The van der Waals surface area contributed by atoms with Crippen molar-refractivity contribution in [3.8, 4) is 0 Å². The number of carbonyl (C=O) groups excluding carboxylic acids is 2. The highest BCUT2D eigenvalue weighted by molar-refractivity contribution is 5.83. The molecular formula is C23H38O5. The molecule has 0 aromatic heterocycles. The Labute approximate surface area is 169 Å². The van der Waals surface area contributed by atoms with E-state index in [0.29, 0.717) is 31.5 Å². The largest absolute Gasteiger partial charge is 0.396 e. The lowest BCUT2D eigenvalue weighted by atomic mass is 9.79. The highest BCUT2D eigenvalue weighted by atomic mass is 16.3. The average Bonchev–Trinajstić information content (AvgIpc) is 3.03. The fourth-order valence-electron chi connectivity index (χ4n) is 3.92. The molecule has 160 valence electrons. The molecule has 4 atom stereocenters. The van der Waals surface area contributed by atoms with Crippen LogP contribution in [0, 0.1) is 17.3 Å². The molecule has 0 spiro atoms. The maximum Gasteiger partial charge on any atom is 0.158 e. The molecule has 3 N–H and O–H groups in total. The molecule has 5 heteroatoms. The number of aliphatic hydroxyl groups is 3. The SMILES string of the molecule is CCCC(C)(CO)C(O)CC=C[C@H]1CCC(=O)[C@@H]1CC=CCCCC(=O)CO. The van der Waals surface area contributed by atoms with Crippen molar-refractivity contribution in [2.75, 3.05) is 13.2 Å². The monoisotopic (exact) mass is 394 g/mol. The van der Waals surface area contributed by atoms with Crippen LogP contribution in [-0.2, 0) is 9.59 Å². The first kappa shape index (κ1) is 24.7. The molecule has 0 saturated heterocycles. The van der Waals surface area contributed by atoms with E-state index in [2.05, 4.69) is 6.08 Å². The number of hydrogen-bond donors (Lipinski definition) is 3. The van der Waals surface area contributed by atoms with Gasteiger partial charge in [-0.15, -0.1) is 0 Å². The van der Waals surface area contributed by atoms with Crippen LogP contribution in [0.5, 0.6) is 0 Å². The van der Waals surface area contributed by atoms with Crippen molar-refractivity contribution < 1.29 is 24.9 Å². The lowest BCUT2D eigenvalue weighted by Gasteiger charge is -2.32. The van der Waals surface area contributed by atoms with Crippen LogP contribution in [0.25, 0.3) is 0 Å². The number of ketones is 2. The van der Waals surface area contributed by atoms with Crippen molar-refractivity contribution in [3.63, 3.8) is 0 Å². The van der Waals surface area contributed by atoms with Crippen LogP contribution >= 0.6 is 0 Å². The summed E-state index contributed by atoms with van der Waals surface area (Å²) >= 11 is 0. The van der Waals surface area contributed by atoms with E-state index in [4.69, 9.17) is 5.11 Å². The molecule has 1 fully saturated rings. The van der Waals surface area contributed by atoms with Gasteiger partial charge in [0, 0.05) is 24.2 Å². The lowest BCUT2D eigenvalue weighted by molar-refractivity contribution is -0.122. The van der Waals surface area contributed by atoms with Gasteiger partial charge in [0.25, 0.3) is 0 Å². The van der Waals surface area contributed by atoms with Crippen molar-refractivity contribution in [1.29, 1.82) is 0 Å². The standard InChI is InChI=1S/C23H38O5/c1-3-15-23(2,17-25)22(28)12-8-9-18-13-14-21(27)20(18)11-7-5-4-6-10-19(26)16-24/h5,7-9,18,20,22,24-25,28H,3-4,6,10-17H2,1-2H3/t18-,20+,22?,23?/m0/s1. The predicted molar refractivity (Wildman–Crippen MR) is 111 cm³/mol. The van der Waals surface area contributed by atoms with Crippen LogP contribution in [0.4, 0.5) is 0 Å². The first-order valence-electron chi connectivity index (χ1n) is 10.6. The van der Waals surface area contributed by atoms with Crippen LogP contribution in [0.3, 0.4) is 0 Å². The number of unbranched alkanes of at least 4 members (excludes halogenated alkanes) is 1. The number of Topliss-reactive ketones (excluding diaryl/α,β-unsaturated/α-hetero) is 2. The molecule has 2 unspecified atom stereocenters. The topological polar surface area (TPSA) is 94.8 Å². The number of hydrogen-bond acceptors (Lipinski definition) is 5. The van der Waals surface area contributed by atoms with E-state index in [1.807, 2.05) is 32.1 Å². The molecular weight excluding hydrogens is 356 g/mol. The Kier molecular flexibility index (Phi) is 11.5. The van der Waals surface area contributed by atoms with Gasteiger partial charge in [0.15, 0.2) is 5.78 Å². The second-order valence-electron chi connectivity index (χ2n) is 8.31. The quantitative estimate of drug-likeness (QED) is 0.310. The van der Waals surface area contributed by atoms with Gasteiger partial charge in [-0.25, -0.2) is 0 Å². The third-order valence-corrected chi connectivity index (χ3v) is 5.94. The third-order valence-electron chi connectivity index (χ3n) is 5.94. The minimum Gasteiger partial charge on any atom is -0.396 e. The highest BCUT2D eigenvalue weighted by Crippen LogP contribution is 2.34. The summed E-state index contributed by atoms with van der Waals surface area (Å²) in [5.41, 5.74) is -0.482. The number of rotatable bonds is 14. The Bertz CT molecular complexity index is 539. The first-order chi connectivity index (χ1) is 13.4. The van der Waals surface area contributed by atoms with Crippen molar-refractivity contribution in [2.45, 2.75) is 77.7 Å². The van der Waals surface area contributed by atoms with Gasteiger partial charge in [-0.05, 0) is 44.4 Å². The van der Waals surface area contributed by atoms with E-state index in [9.17, 15) is 19.8 Å². The zero-order valence-electron chi connectivity index (χ0n) is 17.5. The molecule has 0 aromatic rings. The molecule has 0 heterocycles. The smallest absolute Gasteiger partial charge is 0.158 e. The van der Waals surface area contributed by atoms with E-state index < -0.39 is 11.5 Å². The summed E-state index contributed by atoms with van der Waals surface area (Å²) in [7, 11) is 0. The van der Waals surface area contributed by atoms with E-state index in [-0.39, 0.29) is 30.8 Å². The van der Waals surface area contributed by atoms with Crippen molar-refractivity contribution in [2.24, 2.45) is 17.3 Å². The maximum atomic E-state index is 12.2. The van der Waals surface area contributed by atoms with E-state index in [1.165, 1.54) is 0 Å². The molecule has 5 nitrogen and oxygen atoms in total. The normalized spacial score (nSPS) is 23.5. The lowest BCUT2D eigenvalue weighted by Crippen LogP contribution is -2.35. The predicted octanol–water partition coefficient (Wildman–Crippen LogP) is 3.37. The fraction of sp³-hybridized carbons (Fsp3) is 0.739. The Morgan fingerprint density at radius 1 is 1.29 bits per heavy atom. The van der Waals surface area contributed by atoms with Crippen LogP contribution in [0.1, 0.15) is 71.6 Å². The van der Waals surface area contributed by atoms with Crippen LogP contribution in [0.15, 0.2) is 24.3 Å². The number of aliphatic hydroxyl groups excluding tert-OH is 3. The van der Waals surface area contributed by atoms with Crippen LogP contribution in [0.2, 0.25) is 0 Å². The van der Waals surface area contributed by atoms with Crippen molar-refractivity contribution >= 4 is 11.6 Å². The molecule has 0 aromatic carbocycles. The summed E-state index contributed by atoms with van der Waals surface area (Å²) in [5, 5.41) is 28.7. The number of carbonyl (C=O) groups is 2. The molecule has 1 aliphatic rings. The third kappa shape index (κ3) is 7.98. The number of allylic oxidation sites excluding steroid dienone is 3. The fourth-order valence-corrected chi connectivity index (χ4v) is 3.92. The van der Waals surface area contributed by atoms with Crippen molar-refractivity contribution in [3.05, 3.63) is 24.3 Å². The van der Waals surface area contributed by atoms with Gasteiger partial charge in [0.05, 0.1) is 12.7 Å². The summed E-state index contributed by atoms with van der Waals surface area (Å²) in [6.07, 6.45) is 13.7. The minimum atomic E-state index is -0.592. The second-order valence-corrected chi connectivity index (χ2v) is 8.31. The zero-order valence-corrected chi connectivity index (χ0v) is 17.5. The summed E-state index contributed by atoms with van der Waals surface area (Å²) < 4.78 is 0. The second kappa shape index (κ2) is 13.0. The zero-order chi connectivity index (χ0) is 21.0. The molecule has 1 rings (SSSR count). The van der Waals surface area contributed by atoms with E-state index in [1.54, 1.807) is 0 Å². The Morgan fingerprint density at radius 2 is 2.04 bits per heavy atom. The van der Waals surface area contributed by atoms with Crippen LogP contribution in [-0.4, -0.2) is 46.2 Å². The Balaban J connectivity index is 2.48. The van der Waals surface area contributed by atoms with Gasteiger partial charge in [-0.3, -0.25) is 9.59 Å². The van der Waals surface area contributed by atoms with Gasteiger partial charge >= 0.3 is 0 Å². The Hall–Kier alpha value is -1.30. The molecule has 0 radical (unpaired) electrons. The molecule has 0 amide bonds. The van der Waals surface area contributed by atoms with E-state index >= 15 is 0 Å². The Morgan fingerprint density at radius 3 is 2.68 bits per heavy atom. The summed E-state index contributed by atoms with van der Waals surface area (Å²) in [4.78, 5) is 23.2.